The molecule has 8 rings (SSSR count). The first-order chi connectivity index (χ1) is 25.7. The van der Waals surface area contributed by atoms with E-state index in [1.54, 1.807) is 18.3 Å². The Balaban J connectivity index is 0.000000211. The molecule has 0 fully saturated rings. The molecule has 49 heavy (non-hydrogen) atoms. The first-order valence-corrected chi connectivity index (χ1v) is 16.0. The number of rotatable bonds is 5. The van der Waals surface area contributed by atoms with Crippen molar-refractivity contribution in [2.75, 3.05) is 0 Å². The topological polar surface area (TPSA) is 56.7 Å². The van der Waals surface area contributed by atoms with Gasteiger partial charge in [0, 0.05) is 51.8 Å². The number of fused-ring (bicyclic) bond motifs is 4. The maximum atomic E-state index is 7.28. The number of pyridine rings is 2. The van der Waals surface area contributed by atoms with E-state index < -0.39 is 13.7 Å². The number of aromatic nitrogens is 4. The fraction of sp³-hybridized carbons (Fsp3) is 0.186. The van der Waals surface area contributed by atoms with Gasteiger partial charge in [-0.15, -0.1) is 53.6 Å². The van der Waals surface area contributed by atoms with Crippen LogP contribution < -0.4 is 0 Å². The number of benzene rings is 4. The Hall–Kier alpha value is -4.90. The number of imidazole rings is 1. The van der Waals surface area contributed by atoms with Gasteiger partial charge in [-0.1, -0.05) is 94.0 Å². The minimum absolute atomic E-state index is 0. The van der Waals surface area contributed by atoms with Gasteiger partial charge in [0.25, 0.3) is 0 Å². The zero-order chi connectivity index (χ0) is 38.4. The molecule has 0 bridgehead atoms. The van der Waals surface area contributed by atoms with Crippen molar-refractivity contribution < 1.29 is 32.7 Å². The summed E-state index contributed by atoms with van der Waals surface area (Å²) in [5.74, 6) is 1.50. The number of hydrogen-bond acceptors (Lipinski definition) is 4. The number of hydrogen-bond donors (Lipinski definition) is 0. The van der Waals surface area contributed by atoms with E-state index in [0.29, 0.717) is 28.7 Å². The van der Waals surface area contributed by atoms with Crippen molar-refractivity contribution >= 4 is 33.1 Å². The molecule has 5 nitrogen and oxygen atoms in total. The maximum Gasteiger partial charge on any atom is 0.168 e. The molecule has 0 N–H and O–H groups in total. The number of aryl methyl sites for hydroxylation is 2. The number of para-hydroxylation sites is 2. The van der Waals surface area contributed by atoms with Gasteiger partial charge in [-0.05, 0) is 59.3 Å². The number of furan rings is 1. The molecule has 0 aliphatic rings. The van der Waals surface area contributed by atoms with E-state index in [4.69, 9.17) is 17.6 Å². The van der Waals surface area contributed by atoms with Crippen molar-refractivity contribution in [2.45, 2.75) is 53.2 Å². The minimum Gasteiger partial charge on any atom is -0.501 e. The van der Waals surface area contributed by atoms with Crippen molar-refractivity contribution in [3.63, 3.8) is 0 Å². The van der Waals surface area contributed by atoms with Gasteiger partial charge in [-0.3, -0.25) is 4.98 Å². The molecule has 6 heteroatoms. The van der Waals surface area contributed by atoms with E-state index in [1.807, 2.05) is 30.3 Å². The molecule has 0 aliphatic carbocycles. The monoisotopic (exact) mass is 825 g/mol. The molecule has 0 saturated heterocycles. The van der Waals surface area contributed by atoms with Gasteiger partial charge in [0.2, 0.25) is 0 Å². The number of nitrogens with zero attached hydrogens (tertiary/aromatic N) is 4. The summed E-state index contributed by atoms with van der Waals surface area (Å²) in [6.45, 7) is 4.63. The van der Waals surface area contributed by atoms with Crippen LogP contribution in [-0.4, -0.2) is 19.5 Å². The van der Waals surface area contributed by atoms with Crippen LogP contribution in [0.15, 0.2) is 114 Å². The summed E-state index contributed by atoms with van der Waals surface area (Å²) < 4.78 is 52.3. The molecule has 4 aromatic heterocycles. The molecule has 0 spiro atoms. The smallest absolute Gasteiger partial charge is 0.168 e. The Morgan fingerprint density at radius 3 is 2.22 bits per heavy atom. The largest absolute Gasteiger partial charge is 0.501 e. The van der Waals surface area contributed by atoms with Crippen LogP contribution in [0.5, 0.6) is 0 Å². The van der Waals surface area contributed by atoms with Crippen LogP contribution in [0.3, 0.4) is 0 Å². The van der Waals surface area contributed by atoms with Crippen LogP contribution in [0.2, 0.25) is 0 Å². The van der Waals surface area contributed by atoms with Crippen LogP contribution in [0.25, 0.3) is 61.4 Å². The summed E-state index contributed by atoms with van der Waals surface area (Å²) in [6.07, 6.45) is 3.10. The third kappa shape index (κ3) is 6.59. The Morgan fingerprint density at radius 2 is 1.53 bits per heavy atom. The van der Waals surface area contributed by atoms with Crippen LogP contribution in [-0.2, 0) is 20.1 Å². The maximum absolute atomic E-state index is 7.28. The molecule has 8 aromatic rings. The second kappa shape index (κ2) is 14.3. The fourth-order valence-electron chi connectivity index (χ4n) is 6.07. The van der Waals surface area contributed by atoms with Gasteiger partial charge in [0.15, 0.2) is 5.65 Å². The Bertz CT molecular complexity index is 2510. The van der Waals surface area contributed by atoms with Crippen LogP contribution in [0.4, 0.5) is 0 Å². The Labute approximate surface area is 309 Å². The van der Waals surface area contributed by atoms with Gasteiger partial charge in [0.1, 0.15) is 5.58 Å². The van der Waals surface area contributed by atoms with E-state index in [9.17, 15) is 0 Å². The summed E-state index contributed by atoms with van der Waals surface area (Å²) in [7, 11) is 0. The second-order valence-electron chi connectivity index (χ2n) is 12.3. The Kier molecular flexibility index (Phi) is 7.87. The van der Waals surface area contributed by atoms with E-state index in [2.05, 4.69) is 90.8 Å². The van der Waals surface area contributed by atoms with Crippen LogP contribution in [0, 0.1) is 25.8 Å². The van der Waals surface area contributed by atoms with Gasteiger partial charge >= 0.3 is 0 Å². The molecule has 4 heterocycles. The van der Waals surface area contributed by atoms with Crippen molar-refractivity contribution in [3.05, 3.63) is 144 Å². The van der Waals surface area contributed by atoms with E-state index in [1.165, 1.54) is 41.2 Å². The van der Waals surface area contributed by atoms with E-state index >= 15 is 0 Å². The molecular formula is C43H38IrN4O-2. The molecule has 0 amide bonds. The van der Waals surface area contributed by atoms with E-state index in [0.717, 1.165) is 38.8 Å². The van der Waals surface area contributed by atoms with Crippen molar-refractivity contribution in [2.24, 2.45) is 0 Å². The average Bonchev–Trinajstić information content (AvgIpc) is 3.73. The van der Waals surface area contributed by atoms with Gasteiger partial charge < -0.3 is 14.0 Å². The molecule has 0 unspecified atom stereocenters. The predicted octanol–water partition coefficient (Wildman–Crippen LogP) is 11.2. The molecule has 0 aliphatic heterocycles. The zero-order valence-corrected chi connectivity index (χ0v) is 30.0. The second-order valence-corrected chi connectivity index (χ2v) is 12.3. The van der Waals surface area contributed by atoms with Gasteiger partial charge in [-0.25, -0.2) is 4.98 Å². The summed E-state index contributed by atoms with van der Waals surface area (Å²) in [5, 5.41) is 2.16. The summed E-state index contributed by atoms with van der Waals surface area (Å²) in [5.41, 5.74) is 9.50. The quantitative estimate of drug-likeness (QED) is 0.162. The van der Waals surface area contributed by atoms with Gasteiger partial charge in [-0.2, -0.15) is 0 Å². The molecular weight excluding hydrogens is 781 g/mol. The first-order valence-electron chi connectivity index (χ1n) is 19.0. The molecule has 4 aromatic carbocycles. The third-order valence-electron chi connectivity index (χ3n) is 8.41. The SMILES string of the molecule is CC(C)c1cccc(C(C)C)c1-n1c(-c2[c-]ccc3c2oc2ccccc23)nc2ncccc21.[2H]C([2H])([2H])c1c[c-]c(-c2ccc(C([2H])([2H])[2H])cn2)cc1.[Ir]. The van der Waals surface area contributed by atoms with Crippen molar-refractivity contribution in [1.29, 1.82) is 0 Å². The normalized spacial score (nSPS) is 13.6. The summed E-state index contributed by atoms with van der Waals surface area (Å²) in [4.78, 5) is 13.7. The van der Waals surface area contributed by atoms with Crippen LogP contribution >= 0.6 is 0 Å². The predicted molar refractivity (Wildman–Crippen MR) is 197 cm³/mol. The molecule has 1 radical (unpaired) electrons. The molecule has 247 valence electrons. The fourth-order valence-corrected chi connectivity index (χ4v) is 6.07. The zero-order valence-electron chi connectivity index (χ0n) is 33.6. The summed E-state index contributed by atoms with van der Waals surface area (Å²) in [6, 6.07) is 36.8. The van der Waals surface area contributed by atoms with Crippen molar-refractivity contribution in [1.82, 2.24) is 19.5 Å². The molecule has 0 saturated carbocycles. The minimum atomic E-state index is -2.18. The van der Waals surface area contributed by atoms with E-state index in [-0.39, 0.29) is 31.2 Å². The third-order valence-corrected chi connectivity index (χ3v) is 8.41. The van der Waals surface area contributed by atoms with Gasteiger partial charge in [0.05, 0.1) is 16.9 Å². The average molecular weight is 825 g/mol. The Morgan fingerprint density at radius 1 is 0.755 bits per heavy atom. The van der Waals surface area contributed by atoms with Crippen molar-refractivity contribution in [3.8, 4) is 28.3 Å². The first kappa shape index (κ1) is 27.0. The van der Waals surface area contributed by atoms with Crippen LogP contribution in [0.1, 0.15) is 70.0 Å². The molecule has 0 atom stereocenters. The summed E-state index contributed by atoms with van der Waals surface area (Å²) >= 11 is 0. The standard InChI is InChI=1S/C30H26N3O.C13H12N.Ir/c1-18(2)20-11-7-12-21(19(3)4)27(20)33-25-15-9-17-31-29(25)32-30(33)24-14-8-13-23-22-10-5-6-16-26(22)34-28(23)24;1-10-3-6-12(7-4-10)13-8-5-11(2)9-14-13;/h5-13,15-19H,1-4H3;3-6,8-9H,1-2H3;/q2*-1;/i;1D3,2D3;.